The minimum atomic E-state index is -0.804. The second kappa shape index (κ2) is 8.07. The van der Waals surface area contributed by atoms with Gasteiger partial charge >= 0.3 is 0 Å². The van der Waals surface area contributed by atoms with Gasteiger partial charge in [0.05, 0.1) is 5.56 Å². The van der Waals surface area contributed by atoms with E-state index in [0.717, 1.165) is 56.6 Å². The fraction of sp³-hybridized carbons (Fsp3) is 0.375. The molecule has 3 nitrogen and oxygen atoms in total. The third-order valence-electron chi connectivity index (χ3n) is 6.35. The zero-order chi connectivity index (χ0) is 20.4. The number of rotatable bonds is 4. The molecular weight excluding hydrogens is 370 g/mol. The molecule has 1 saturated heterocycles. The first-order valence-corrected chi connectivity index (χ1v) is 10.2. The minimum Gasteiger partial charge on any atom is -0.333 e. The Morgan fingerprint density at radius 2 is 1.90 bits per heavy atom. The molecule has 1 amide bonds. The molecule has 2 aliphatic heterocycles. The summed E-state index contributed by atoms with van der Waals surface area (Å²) < 4.78 is 27.5. The molecule has 152 valence electrons. The van der Waals surface area contributed by atoms with Crippen LogP contribution < -0.4 is 0 Å². The highest BCUT2D eigenvalue weighted by Gasteiger charge is 2.43. The molecule has 0 bridgehead atoms. The fourth-order valence-corrected chi connectivity index (χ4v) is 4.77. The van der Waals surface area contributed by atoms with Gasteiger partial charge < -0.3 is 9.80 Å². The average Bonchev–Trinajstić information content (AvgIpc) is 2.73. The Bertz CT molecular complexity index is 919. The highest BCUT2D eigenvalue weighted by Crippen LogP contribution is 2.42. The summed E-state index contributed by atoms with van der Waals surface area (Å²) in [5.41, 5.74) is 2.25. The van der Waals surface area contributed by atoms with Gasteiger partial charge in [0.2, 0.25) is 0 Å². The maximum atomic E-state index is 14.3. The van der Waals surface area contributed by atoms with Crippen LogP contribution in [0.1, 0.15) is 40.7 Å². The van der Waals surface area contributed by atoms with Crippen LogP contribution in [0.5, 0.6) is 0 Å². The summed E-state index contributed by atoms with van der Waals surface area (Å²) in [6, 6.07) is 11.4. The van der Waals surface area contributed by atoms with Crippen molar-refractivity contribution in [2.45, 2.75) is 31.2 Å². The number of carbonyl (C=O) groups is 1. The number of carbonyl (C=O) groups excluding carboxylic acids is 1. The van der Waals surface area contributed by atoms with Gasteiger partial charge in [0.15, 0.2) is 0 Å². The molecule has 0 N–H and O–H groups in total. The quantitative estimate of drug-likeness (QED) is 0.709. The Balaban J connectivity index is 1.61. The fourth-order valence-electron chi connectivity index (χ4n) is 4.77. The lowest BCUT2D eigenvalue weighted by Crippen LogP contribution is -2.53. The Morgan fingerprint density at radius 3 is 2.62 bits per heavy atom. The van der Waals surface area contributed by atoms with Gasteiger partial charge in [-0.05, 0) is 55.6 Å². The molecular formula is C24H26F2N2O. The molecule has 2 heterocycles. The maximum absolute atomic E-state index is 14.3. The third kappa shape index (κ3) is 3.84. The number of amides is 1. The molecule has 0 atom stereocenters. The van der Waals surface area contributed by atoms with Crippen molar-refractivity contribution in [3.05, 3.63) is 83.4 Å². The lowest BCUT2D eigenvalue weighted by molar-refractivity contribution is 0.0577. The van der Waals surface area contributed by atoms with Gasteiger partial charge in [-0.25, -0.2) is 8.78 Å². The van der Waals surface area contributed by atoms with E-state index in [9.17, 15) is 13.6 Å². The van der Waals surface area contributed by atoms with E-state index >= 15 is 0 Å². The molecule has 4 rings (SSSR count). The minimum absolute atomic E-state index is 0.0654. The number of hydrogen-bond acceptors (Lipinski definition) is 2. The number of likely N-dealkylation sites (tertiary alicyclic amines) is 1. The molecule has 2 aliphatic rings. The Kier molecular flexibility index (Phi) is 5.50. The van der Waals surface area contributed by atoms with Crippen LogP contribution in [0.4, 0.5) is 8.78 Å². The van der Waals surface area contributed by atoms with Gasteiger partial charge in [-0.3, -0.25) is 4.79 Å². The number of nitrogens with zero attached hydrogens (tertiary/aromatic N) is 2. The first kappa shape index (κ1) is 19.8. The monoisotopic (exact) mass is 396 g/mol. The molecule has 0 unspecified atom stereocenters. The normalized spacial score (nSPS) is 18.5. The van der Waals surface area contributed by atoms with Crippen LogP contribution in [-0.2, 0) is 12.0 Å². The summed E-state index contributed by atoms with van der Waals surface area (Å²) >= 11 is 0. The first-order valence-electron chi connectivity index (χ1n) is 10.2. The van der Waals surface area contributed by atoms with Crippen LogP contribution in [0, 0.1) is 11.6 Å². The number of fused-ring (bicyclic) bond motifs is 2. The summed E-state index contributed by atoms with van der Waals surface area (Å²) in [5, 5.41) is 0. The zero-order valence-corrected chi connectivity index (χ0v) is 16.5. The Labute approximate surface area is 170 Å². The van der Waals surface area contributed by atoms with Crippen molar-refractivity contribution in [2.75, 3.05) is 26.2 Å². The van der Waals surface area contributed by atoms with Crippen molar-refractivity contribution in [1.29, 1.82) is 0 Å². The third-order valence-corrected chi connectivity index (χ3v) is 6.35. The van der Waals surface area contributed by atoms with Crippen LogP contribution in [0.15, 0.2) is 55.1 Å². The summed E-state index contributed by atoms with van der Waals surface area (Å²) in [6.45, 7) is 7.76. The lowest BCUT2D eigenvalue weighted by atomic mass is 9.68. The van der Waals surface area contributed by atoms with Crippen molar-refractivity contribution in [3.63, 3.8) is 0 Å². The van der Waals surface area contributed by atoms with E-state index in [4.69, 9.17) is 0 Å². The van der Waals surface area contributed by atoms with E-state index in [1.54, 1.807) is 4.90 Å². The van der Waals surface area contributed by atoms with Crippen LogP contribution in [0.2, 0.25) is 0 Å². The standard InChI is InChI=1S/C24H26F2N2O/c1-2-3-12-27-13-10-24(11-14-27)17-28(16-18-6-4-5-7-21(18)24)23(29)20-9-8-19(25)15-22(20)26/h2,4-9,15H,1,3,10-14,16-17H2. The van der Waals surface area contributed by atoms with Gasteiger partial charge in [0, 0.05) is 31.1 Å². The second-order valence-electron chi connectivity index (χ2n) is 8.14. The summed E-state index contributed by atoms with van der Waals surface area (Å²) in [7, 11) is 0. The smallest absolute Gasteiger partial charge is 0.257 e. The van der Waals surface area contributed by atoms with Gasteiger partial charge in [-0.15, -0.1) is 6.58 Å². The number of piperidine rings is 1. The predicted octanol–water partition coefficient (Wildman–Crippen LogP) is 4.53. The number of halogens is 2. The average molecular weight is 396 g/mol. The summed E-state index contributed by atoms with van der Waals surface area (Å²) in [5.74, 6) is -1.85. The Hall–Kier alpha value is -2.53. The molecule has 1 fully saturated rings. The van der Waals surface area contributed by atoms with Crippen molar-refractivity contribution < 1.29 is 13.6 Å². The van der Waals surface area contributed by atoms with E-state index in [1.165, 1.54) is 11.6 Å². The van der Waals surface area contributed by atoms with Crippen LogP contribution in [0.3, 0.4) is 0 Å². The molecule has 0 radical (unpaired) electrons. The first-order chi connectivity index (χ1) is 14.0. The summed E-state index contributed by atoms with van der Waals surface area (Å²) in [4.78, 5) is 17.3. The molecule has 2 aromatic rings. The highest BCUT2D eigenvalue weighted by molar-refractivity contribution is 5.94. The van der Waals surface area contributed by atoms with E-state index in [0.29, 0.717) is 13.1 Å². The SMILES string of the molecule is C=CCCN1CCC2(CC1)CN(C(=O)c1ccc(F)cc1F)Cc1ccccc12. The molecule has 1 spiro atoms. The van der Waals surface area contributed by atoms with Crippen LogP contribution in [-0.4, -0.2) is 41.9 Å². The van der Waals surface area contributed by atoms with Crippen molar-refractivity contribution in [3.8, 4) is 0 Å². The maximum Gasteiger partial charge on any atom is 0.257 e. The zero-order valence-electron chi connectivity index (χ0n) is 16.5. The van der Waals surface area contributed by atoms with E-state index in [1.807, 2.05) is 12.1 Å². The Morgan fingerprint density at radius 1 is 1.14 bits per heavy atom. The van der Waals surface area contributed by atoms with Gasteiger partial charge in [0.1, 0.15) is 11.6 Å². The van der Waals surface area contributed by atoms with E-state index in [2.05, 4.69) is 29.7 Å². The second-order valence-corrected chi connectivity index (χ2v) is 8.14. The predicted molar refractivity (Wildman–Crippen MR) is 110 cm³/mol. The lowest BCUT2D eigenvalue weighted by Gasteiger charge is -2.48. The molecule has 5 heteroatoms. The van der Waals surface area contributed by atoms with E-state index < -0.39 is 11.6 Å². The largest absolute Gasteiger partial charge is 0.333 e. The van der Waals surface area contributed by atoms with Crippen molar-refractivity contribution in [2.24, 2.45) is 0 Å². The number of benzene rings is 2. The number of hydrogen-bond donors (Lipinski definition) is 0. The van der Waals surface area contributed by atoms with Crippen LogP contribution in [0.25, 0.3) is 0 Å². The van der Waals surface area contributed by atoms with Gasteiger partial charge in [0.25, 0.3) is 5.91 Å². The topological polar surface area (TPSA) is 23.6 Å². The molecule has 0 saturated carbocycles. The van der Waals surface area contributed by atoms with Crippen molar-refractivity contribution >= 4 is 5.91 Å². The van der Waals surface area contributed by atoms with Crippen molar-refractivity contribution in [1.82, 2.24) is 9.80 Å². The van der Waals surface area contributed by atoms with Gasteiger partial charge in [-0.1, -0.05) is 30.3 Å². The van der Waals surface area contributed by atoms with E-state index in [-0.39, 0.29) is 16.9 Å². The molecule has 29 heavy (non-hydrogen) atoms. The van der Waals surface area contributed by atoms with Crippen LogP contribution >= 0.6 is 0 Å². The molecule has 0 aromatic heterocycles. The highest BCUT2D eigenvalue weighted by atomic mass is 19.1. The molecule has 2 aromatic carbocycles. The van der Waals surface area contributed by atoms with Gasteiger partial charge in [-0.2, -0.15) is 0 Å². The molecule has 0 aliphatic carbocycles. The summed E-state index contributed by atoms with van der Waals surface area (Å²) in [6.07, 6.45) is 4.82.